The quantitative estimate of drug-likeness (QED) is 0.790. The molecule has 0 aliphatic heterocycles. The predicted octanol–water partition coefficient (Wildman–Crippen LogP) is 3.10. The van der Waals surface area contributed by atoms with Crippen LogP contribution in [-0.2, 0) is 0 Å². The van der Waals surface area contributed by atoms with Crippen LogP contribution in [0.1, 0.15) is 26.7 Å². The molecular weight excluding hydrogens is 305 g/mol. The molecule has 1 heterocycles. The SMILES string of the molecule is CCC(CC)(CO)CNc1ncnc(Cl)c1Br. The van der Waals surface area contributed by atoms with Gasteiger partial charge in [-0.25, -0.2) is 9.97 Å². The molecule has 1 rings (SSSR count). The van der Waals surface area contributed by atoms with Gasteiger partial charge in [0.15, 0.2) is 0 Å². The standard InChI is InChI=1S/C11H17BrClN3O/c1-3-11(4-2,6-17)5-14-10-8(12)9(13)15-7-16-10/h7,17H,3-6H2,1-2H3,(H,14,15,16). The van der Waals surface area contributed by atoms with Gasteiger partial charge < -0.3 is 10.4 Å². The highest BCUT2D eigenvalue weighted by Crippen LogP contribution is 2.29. The van der Waals surface area contributed by atoms with Gasteiger partial charge in [0, 0.05) is 12.0 Å². The van der Waals surface area contributed by atoms with Gasteiger partial charge in [0.25, 0.3) is 0 Å². The molecule has 0 unspecified atom stereocenters. The van der Waals surface area contributed by atoms with Gasteiger partial charge >= 0.3 is 0 Å². The Morgan fingerprint density at radius 2 is 2.06 bits per heavy atom. The highest BCUT2D eigenvalue weighted by molar-refractivity contribution is 9.10. The van der Waals surface area contributed by atoms with E-state index in [-0.39, 0.29) is 12.0 Å². The van der Waals surface area contributed by atoms with E-state index in [9.17, 15) is 5.11 Å². The Morgan fingerprint density at radius 1 is 1.41 bits per heavy atom. The highest BCUT2D eigenvalue weighted by atomic mass is 79.9. The smallest absolute Gasteiger partial charge is 0.148 e. The Bertz CT molecular complexity index is 363. The lowest BCUT2D eigenvalue weighted by atomic mass is 9.83. The summed E-state index contributed by atoms with van der Waals surface area (Å²) in [7, 11) is 0. The van der Waals surface area contributed by atoms with Crippen molar-refractivity contribution in [1.29, 1.82) is 0 Å². The summed E-state index contributed by atoms with van der Waals surface area (Å²) in [6.07, 6.45) is 3.22. The Balaban J connectivity index is 2.75. The fraction of sp³-hybridized carbons (Fsp3) is 0.636. The van der Waals surface area contributed by atoms with E-state index in [1.54, 1.807) is 0 Å². The van der Waals surface area contributed by atoms with Gasteiger partial charge in [-0.1, -0.05) is 25.4 Å². The molecule has 0 aromatic carbocycles. The van der Waals surface area contributed by atoms with E-state index in [2.05, 4.69) is 45.1 Å². The molecule has 0 amide bonds. The number of halogens is 2. The van der Waals surface area contributed by atoms with E-state index >= 15 is 0 Å². The number of nitrogens with one attached hydrogen (secondary N) is 1. The first-order valence-electron chi connectivity index (χ1n) is 5.59. The second kappa shape index (κ2) is 6.52. The molecule has 96 valence electrons. The van der Waals surface area contributed by atoms with Crippen LogP contribution in [0.15, 0.2) is 10.8 Å². The summed E-state index contributed by atoms with van der Waals surface area (Å²) in [5, 5.41) is 13.1. The van der Waals surface area contributed by atoms with Crippen LogP contribution in [0.25, 0.3) is 0 Å². The van der Waals surface area contributed by atoms with Gasteiger partial charge in [-0.2, -0.15) is 0 Å². The van der Waals surface area contributed by atoms with E-state index in [1.807, 2.05) is 0 Å². The summed E-state index contributed by atoms with van der Waals surface area (Å²) in [5.41, 5.74) is -0.114. The molecule has 0 spiro atoms. The summed E-state index contributed by atoms with van der Waals surface area (Å²) in [4.78, 5) is 7.97. The van der Waals surface area contributed by atoms with Crippen LogP contribution >= 0.6 is 27.5 Å². The zero-order valence-electron chi connectivity index (χ0n) is 10.0. The average Bonchev–Trinajstić information content (AvgIpc) is 2.36. The molecule has 0 fully saturated rings. The van der Waals surface area contributed by atoms with E-state index in [0.717, 1.165) is 12.8 Å². The van der Waals surface area contributed by atoms with E-state index in [0.29, 0.717) is 22.0 Å². The van der Waals surface area contributed by atoms with E-state index in [4.69, 9.17) is 11.6 Å². The van der Waals surface area contributed by atoms with Crippen molar-refractivity contribution in [3.8, 4) is 0 Å². The number of aliphatic hydroxyl groups excluding tert-OH is 1. The molecule has 1 aromatic rings. The van der Waals surface area contributed by atoms with E-state index in [1.165, 1.54) is 6.33 Å². The Kier molecular flexibility index (Phi) is 5.62. The van der Waals surface area contributed by atoms with Crippen LogP contribution in [0.2, 0.25) is 5.15 Å². The lowest BCUT2D eigenvalue weighted by molar-refractivity contribution is 0.127. The van der Waals surface area contributed by atoms with Crippen molar-refractivity contribution in [3.05, 3.63) is 16.0 Å². The number of aliphatic hydroxyl groups is 1. The van der Waals surface area contributed by atoms with Crippen LogP contribution in [0.4, 0.5) is 5.82 Å². The Morgan fingerprint density at radius 3 is 2.59 bits per heavy atom. The summed E-state index contributed by atoms with van der Waals surface area (Å²) in [5.74, 6) is 0.657. The molecule has 0 aliphatic carbocycles. The van der Waals surface area contributed by atoms with Crippen LogP contribution in [0, 0.1) is 5.41 Å². The normalized spacial score (nSPS) is 11.6. The second-order valence-corrected chi connectivity index (χ2v) is 5.20. The minimum Gasteiger partial charge on any atom is -0.396 e. The molecule has 0 atom stereocenters. The third kappa shape index (κ3) is 3.53. The van der Waals surface area contributed by atoms with Gasteiger partial charge in [-0.05, 0) is 28.8 Å². The first kappa shape index (κ1) is 14.7. The van der Waals surface area contributed by atoms with Crippen molar-refractivity contribution in [2.24, 2.45) is 5.41 Å². The maximum atomic E-state index is 9.47. The second-order valence-electron chi connectivity index (χ2n) is 4.05. The molecular formula is C11H17BrClN3O. The van der Waals surface area contributed by atoms with Crippen LogP contribution < -0.4 is 5.32 Å². The van der Waals surface area contributed by atoms with Gasteiger partial charge in [-0.15, -0.1) is 0 Å². The lowest BCUT2D eigenvalue weighted by Gasteiger charge is -2.29. The molecule has 2 N–H and O–H groups in total. The molecule has 4 nitrogen and oxygen atoms in total. The van der Waals surface area contributed by atoms with E-state index < -0.39 is 0 Å². The Labute approximate surface area is 115 Å². The van der Waals surface area contributed by atoms with Gasteiger partial charge in [0.2, 0.25) is 0 Å². The first-order valence-corrected chi connectivity index (χ1v) is 6.76. The van der Waals surface area contributed by atoms with Crippen molar-refractivity contribution in [1.82, 2.24) is 9.97 Å². The van der Waals surface area contributed by atoms with Gasteiger partial charge in [0.1, 0.15) is 17.3 Å². The average molecular weight is 323 g/mol. The predicted molar refractivity (Wildman–Crippen MR) is 73.3 cm³/mol. The van der Waals surface area contributed by atoms with Gasteiger partial charge in [0.05, 0.1) is 11.1 Å². The fourth-order valence-corrected chi connectivity index (χ4v) is 2.00. The third-order valence-corrected chi connectivity index (χ3v) is 4.48. The third-order valence-electron chi connectivity index (χ3n) is 3.21. The maximum absolute atomic E-state index is 9.47. The number of nitrogens with zero attached hydrogens (tertiary/aromatic N) is 2. The summed E-state index contributed by atoms with van der Waals surface area (Å²) < 4.78 is 0.653. The molecule has 1 aromatic heterocycles. The molecule has 0 aliphatic rings. The molecule has 17 heavy (non-hydrogen) atoms. The number of rotatable bonds is 6. The number of hydrogen-bond donors (Lipinski definition) is 2. The summed E-state index contributed by atoms with van der Waals surface area (Å²) in [6.45, 7) is 4.96. The van der Waals surface area contributed by atoms with Crippen molar-refractivity contribution in [3.63, 3.8) is 0 Å². The number of anilines is 1. The zero-order chi connectivity index (χ0) is 12.9. The molecule has 0 bridgehead atoms. The monoisotopic (exact) mass is 321 g/mol. The summed E-state index contributed by atoms with van der Waals surface area (Å²) >= 11 is 9.21. The van der Waals surface area contributed by atoms with Crippen molar-refractivity contribution in [2.75, 3.05) is 18.5 Å². The lowest BCUT2D eigenvalue weighted by Crippen LogP contribution is -2.32. The maximum Gasteiger partial charge on any atom is 0.148 e. The minimum absolute atomic E-state index is 0.114. The summed E-state index contributed by atoms with van der Waals surface area (Å²) in [6, 6.07) is 0. The highest BCUT2D eigenvalue weighted by Gasteiger charge is 2.25. The van der Waals surface area contributed by atoms with Crippen LogP contribution in [0.5, 0.6) is 0 Å². The fourth-order valence-electron chi connectivity index (χ4n) is 1.52. The molecule has 0 radical (unpaired) electrons. The molecule has 6 heteroatoms. The first-order chi connectivity index (χ1) is 8.08. The van der Waals surface area contributed by atoms with Crippen LogP contribution in [0.3, 0.4) is 0 Å². The minimum atomic E-state index is -0.114. The van der Waals surface area contributed by atoms with Crippen molar-refractivity contribution >= 4 is 33.3 Å². The zero-order valence-corrected chi connectivity index (χ0v) is 12.3. The topological polar surface area (TPSA) is 58.0 Å². The molecule has 0 saturated heterocycles. The largest absolute Gasteiger partial charge is 0.396 e. The molecule has 0 saturated carbocycles. The number of aromatic nitrogens is 2. The van der Waals surface area contributed by atoms with Crippen molar-refractivity contribution in [2.45, 2.75) is 26.7 Å². The Hall–Kier alpha value is -0.390. The van der Waals surface area contributed by atoms with Crippen LogP contribution in [-0.4, -0.2) is 28.2 Å². The van der Waals surface area contributed by atoms with Crippen molar-refractivity contribution < 1.29 is 5.11 Å². The van der Waals surface area contributed by atoms with Gasteiger partial charge in [-0.3, -0.25) is 0 Å². The number of hydrogen-bond acceptors (Lipinski definition) is 4.